The molecule has 0 spiro atoms. The molecule has 1 aromatic carbocycles. The molecule has 0 aromatic heterocycles. The Morgan fingerprint density at radius 1 is 1.26 bits per heavy atom. The summed E-state index contributed by atoms with van der Waals surface area (Å²) in [6.45, 7) is 7.88. The van der Waals surface area contributed by atoms with E-state index in [4.69, 9.17) is 9.47 Å². The Morgan fingerprint density at radius 3 is 2.85 bits per heavy atom. The van der Waals surface area contributed by atoms with E-state index < -0.39 is 0 Å². The van der Waals surface area contributed by atoms with Crippen LogP contribution in [0.3, 0.4) is 0 Å². The molecule has 1 aliphatic carbocycles. The molecule has 7 heteroatoms. The van der Waals surface area contributed by atoms with Gasteiger partial charge in [-0.25, -0.2) is 0 Å². The maximum atomic E-state index is 11.1. The Morgan fingerprint density at radius 2 is 2.11 bits per heavy atom. The van der Waals surface area contributed by atoms with E-state index in [1.54, 1.807) is 0 Å². The number of amides is 1. The van der Waals surface area contributed by atoms with E-state index in [-0.39, 0.29) is 5.91 Å². The van der Waals surface area contributed by atoms with Crippen molar-refractivity contribution < 1.29 is 14.3 Å². The molecule has 0 atom stereocenters. The number of rotatable bonds is 12. The van der Waals surface area contributed by atoms with Gasteiger partial charge in [-0.05, 0) is 44.2 Å². The van der Waals surface area contributed by atoms with Crippen LogP contribution >= 0.6 is 0 Å². The fourth-order valence-electron chi connectivity index (χ4n) is 2.44. The number of aliphatic imine (C=N–C) groups is 1. The number of carbonyl (C=O) groups excluding carboxylic acids is 1. The summed E-state index contributed by atoms with van der Waals surface area (Å²) in [5.41, 5.74) is 0.728. The minimum atomic E-state index is -0.0988. The van der Waals surface area contributed by atoms with E-state index >= 15 is 0 Å². The maximum Gasteiger partial charge on any atom is 0.221 e. The summed E-state index contributed by atoms with van der Waals surface area (Å²) in [4.78, 5) is 15.7. The Balaban J connectivity index is 1.62. The molecule has 1 fully saturated rings. The number of carbonyl (C=O) groups is 1. The van der Waals surface area contributed by atoms with Crippen LogP contribution in [0.1, 0.15) is 33.1 Å². The molecule has 1 aliphatic rings. The van der Waals surface area contributed by atoms with Crippen LogP contribution in [0.25, 0.3) is 0 Å². The van der Waals surface area contributed by atoms with Gasteiger partial charge in [0.25, 0.3) is 0 Å². The normalized spacial score (nSPS) is 13.9. The van der Waals surface area contributed by atoms with Crippen LogP contribution in [0.15, 0.2) is 29.3 Å². The Bertz CT molecular complexity index is 603. The van der Waals surface area contributed by atoms with Gasteiger partial charge in [0.15, 0.2) is 5.96 Å². The van der Waals surface area contributed by atoms with E-state index in [2.05, 4.69) is 20.9 Å². The first-order valence-electron chi connectivity index (χ1n) is 9.77. The number of hydrogen-bond acceptors (Lipinski definition) is 4. The molecule has 1 aromatic rings. The lowest BCUT2D eigenvalue weighted by Gasteiger charge is -2.12. The summed E-state index contributed by atoms with van der Waals surface area (Å²) in [7, 11) is 0. The second-order valence-electron chi connectivity index (χ2n) is 6.62. The van der Waals surface area contributed by atoms with Crippen LogP contribution in [0.2, 0.25) is 0 Å². The van der Waals surface area contributed by atoms with Crippen molar-refractivity contribution >= 4 is 17.6 Å². The van der Waals surface area contributed by atoms with E-state index in [0.717, 1.165) is 56.0 Å². The summed E-state index contributed by atoms with van der Waals surface area (Å²) < 4.78 is 11.4. The second-order valence-corrected chi connectivity index (χ2v) is 6.62. The van der Waals surface area contributed by atoms with Crippen molar-refractivity contribution in [3.05, 3.63) is 24.3 Å². The Hall–Kier alpha value is -2.28. The highest BCUT2D eigenvalue weighted by Gasteiger charge is 2.20. The fraction of sp³-hybridized carbons (Fsp3) is 0.600. The van der Waals surface area contributed by atoms with E-state index in [9.17, 15) is 4.79 Å². The summed E-state index contributed by atoms with van der Waals surface area (Å²) in [6.07, 6.45) is 3.58. The molecule has 7 nitrogen and oxygen atoms in total. The number of nitrogens with one attached hydrogen (secondary N) is 3. The molecule has 1 amide bonds. The van der Waals surface area contributed by atoms with Crippen molar-refractivity contribution in [3.8, 4) is 5.75 Å². The number of benzene rings is 1. The van der Waals surface area contributed by atoms with Crippen molar-refractivity contribution in [3.63, 3.8) is 0 Å². The summed E-state index contributed by atoms with van der Waals surface area (Å²) >= 11 is 0. The molecule has 0 heterocycles. The smallest absolute Gasteiger partial charge is 0.221 e. The third-order valence-corrected chi connectivity index (χ3v) is 3.93. The number of anilines is 1. The van der Waals surface area contributed by atoms with Gasteiger partial charge in [0.2, 0.25) is 5.91 Å². The highest BCUT2D eigenvalue weighted by atomic mass is 16.5. The lowest BCUT2D eigenvalue weighted by Crippen LogP contribution is -2.39. The molecule has 1 saturated carbocycles. The number of guanidine groups is 1. The predicted molar refractivity (Wildman–Crippen MR) is 108 cm³/mol. The highest BCUT2D eigenvalue weighted by molar-refractivity contribution is 5.88. The molecule has 2 rings (SSSR count). The Kier molecular flexibility index (Phi) is 9.48. The van der Waals surface area contributed by atoms with Gasteiger partial charge in [-0.1, -0.05) is 6.07 Å². The van der Waals surface area contributed by atoms with Crippen LogP contribution in [0.4, 0.5) is 5.69 Å². The standard InChI is InChI=1S/C20H32N4O3/c1-3-21-20(22-10-5-12-26-15-17-8-9-17)23-11-13-27-19-7-4-6-18(14-19)24-16(2)25/h4,6-7,14,17H,3,5,8-13,15H2,1-2H3,(H,24,25)(H2,21,22,23). The average molecular weight is 377 g/mol. The van der Waals surface area contributed by atoms with Crippen LogP contribution in [-0.2, 0) is 9.53 Å². The molecule has 0 bridgehead atoms. The average Bonchev–Trinajstić information content (AvgIpc) is 3.45. The van der Waals surface area contributed by atoms with E-state index in [0.29, 0.717) is 13.2 Å². The summed E-state index contributed by atoms with van der Waals surface area (Å²) in [6, 6.07) is 7.36. The van der Waals surface area contributed by atoms with Crippen LogP contribution in [0, 0.1) is 5.92 Å². The zero-order chi connectivity index (χ0) is 19.3. The molecule has 0 aliphatic heterocycles. The summed E-state index contributed by atoms with van der Waals surface area (Å²) in [5.74, 6) is 2.22. The monoisotopic (exact) mass is 376 g/mol. The SMILES string of the molecule is CCNC(=NCCCOCC1CC1)NCCOc1cccc(NC(C)=O)c1. The van der Waals surface area contributed by atoms with Crippen molar-refractivity contribution in [2.75, 3.05) is 44.8 Å². The number of nitrogens with zero attached hydrogens (tertiary/aromatic N) is 1. The van der Waals surface area contributed by atoms with Crippen molar-refractivity contribution in [1.29, 1.82) is 0 Å². The van der Waals surface area contributed by atoms with Gasteiger partial charge >= 0.3 is 0 Å². The zero-order valence-electron chi connectivity index (χ0n) is 16.4. The van der Waals surface area contributed by atoms with Gasteiger partial charge in [0.1, 0.15) is 12.4 Å². The number of ether oxygens (including phenoxy) is 2. The highest BCUT2D eigenvalue weighted by Crippen LogP contribution is 2.28. The second kappa shape index (κ2) is 12.2. The van der Waals surface area contributed by atoms with Crippen molar-refractivity contribution in [2.45, 2.75) is 33.1 Å². The molecule has 150 valence electrons. The molecule has 27 heavy (non-hydrogen) atoms. The van der Waals surface area contributed by atoms with Gasteiger partial charge < -0.3 is 25.4 Å². The molecule has 3 N–H and O–H groups in total. The van der Waals surface area contributed by atoms with Crippen LogP contribution in [0.5, 0.6) is 5.75 Å². The van der Waals surface area contributed by atoms with E-state index in [1.165, 1.54) is 19.8 Å². The molecular weight excluding hydrogens is 344 g/mol. The Labute approximate surface area is 161 Å². The molecule has 0 unspecified atom stereocenters. The topological polar surface area (TPSA) is 84.0 Å². The van der Waals surface area contributed by atoms with Gasteiger partial charge in [-0.15, -0.1) is 0 Å². The predicted octanol–water partition coefficient (Wildman–Crippen LogP) is 2.40. The first kappa shape index (κ1) is 21.0. The van der Waals surface area contributed by atoms with Gasteiger partial charge in [-0.3, -0.25) is 9.79 Å². The third kappa shape index (κ3) is 9.84. The first-order valence-corrected chi connectivity index (χ1v) is 9.77. The van der Waals surface area contributed by atoms with Gasteiger partial charge in [-0.2, -0.15) is 0 Å². The lowest BCUT2D eigenvalue weighted by atomic mass is 10.3. The lowest BCUT2D eigenvalue weighted by molar-refractivity contribution is -0.114. The van der Waals surface area contributed by atoms with Crippen LogP contribution in [-0.4, -0.2) is 51.3 Å². The van der Waals surface area contributed by atoms with Gasteiger partial charge in [0, 0.05) is 45.0 Å². The molecule has 0 saturated heterocycles. The minimum Gasteiger partial charge on any atom is -0.492 e. The maximum absolute atomic E-state index is 11.1. The van der Waals surface area contributed by atoms with Gasteiger partial charge in [0.05, 0.1) is 6.54 Å². The fourth-order valence-corrected chi connectivity index (χ4v) is 2.44. The van der Waals surface area contributed by atoms with E-state index in [1.807, 2.05) is 31.2 Å². The minimum absolute atomic E-state index is 0.0988. The zero-order valence-corrected chi connectivity index (χ0v) is 16.4. The van der Waals surface area contributed by atoms with Crippen molar-refractivity contribution in [2.24, 2.45) is 10.9 Å². The largest absolute Gasteiger partial charge is 0.492 e. The van der Waals surface area contributed by atoms with Crippen LogP contribution < -0.4 is 20.7 Å². The number of hydrogen-bond donors (Lipinski definition) is 3. The van der Waals surface area contributed by atoms with Crippen molar-refractivity contribution in [1.82, 2.24) is 10.6 Å². The first-order chi connectivity index (χ1) is 13.2. The summed E-state index contributed by atoms with van der Waals surface area (Å²) in [5, 5.41) is 9.23. The quantitative estimate of drug-likeness (QED) is 0.296. The molecule has 0 radical (unpaired) electrons. The molecular formula is C20H32N4O3. The third-order valence-electron chi connectivity index (χ3n) is 3.93.